The Morgan fingerprint density at radius 2 is 1.88 bits per heavy atom. The zero-order valence-corrected chi connectivity index (χ0v) is 8.77. The predicted molar refractivity (Wildman–Crippen MR) is 68.0 cm³/mol. The van der Waals surface area contributed by atoms with E-state index in [1.54, 1.807) is 0 Å². The Balaban J connectivity index is 2.01. The Morgan fingerprint density at radius 1 is 0.938 bits per heavy atom. The summed E-state index contributed by atoms with van der Waals surface area (Å²) in [5, 5.41) is 1.26. The maximum absolute atomic E-state index is 3.26. The minimum atomic E-state index is 1.18. The zero-order valence-electron chi connectivity index (χ0n) is 8.77. The number of nitrogens with one attached hydrogen (secondary N) is 2. The Labute approximate surface area is 93.6 Å². The van der Waals surface area contributed by atoms with Crippen LogP contribution < -0.4 is 0 Å². The molecular formula is C14H12N2. The number of H-pyrrole nitrogens is 2. The second kappa shape index (κ2) is 3.74. The monoisotopic (exact) mass is 208 g/mol. The highest BCUT2D eigenvalue weighted by molar-refractivity contribution is 5.91. The Morgan fingerprint density at radius 3 is 2.75 bits per heavy atom. The topological polar surface area (TPSA) is 31.6 Å². The average molecular weight is 208 g/mol. The first-order valence-corrected chi connectivity index (χ1v) is 5.30. The largest absolute Gasteiger partial charge is 0.367 e. The highest BCUT2D eigenvalue weighted by Gasteiger charge is 1.98. The molecule has 2 heteroatoms. The number of para-hydroxylation sites is 1. The smallest absolute Gasteiger partial charge is 0.0460 e. The molecule has 0 fully saturated rings. The molecule has 3 aromatic rings. The lowest BCUT2D eigenvalue weighted by Crippen LogP contribution is -1.67. The second-order valence-electron chi connectivity index (χ2n) is 3.77. The number of aromatic nitrogens is 2. The van der Waals surface area contributed by atoms with Gasteiger partial charge in [0.1, 0.15) is 0 Å². The van der Waals surface area contributed by atoms with Gasteiger partial charge in [-0.25, -0.2) is 0 Å². The van der Waals surface area contributed by atoms with Gasteiger partial charge in [-0.1, -0.05) is 30.4 Å². The summed E-state index contributed by atoms with van der Waals surface area (Å²) in [6.45, 7) is 0. The molecule has 2 N–H and O–H groups in total. The van der Waals surface area contributed by atoms with Gasteiger partial charge in [0.05, 0.1) is 0 Å². The van der Waals surface area contributed by atoms with E-state index in [9.17, 15) is 0 Å². The molecule has 0 aliphatic rings. The number of aromatic amines is 2. The molecular weight excluding hydrogens is 196 g/mol. The average Bonchev–Trinajstić information content (AvgIpc) is 2.96. The molecule has 0 bridgehead atoms. The van der Waals surface area contributed by atoms with Crippen LogP contribution in [0.4, 0.5) is 0 Å². The maximum atomic E-state index is 3.26. The maximum Gasteiger partial charge on any atom is 0.0460 e. The first-order valence-electron chi connectivity index (χ1n) is 5.30. The van der Waals surface area contributed by atoms with Gasteiger partial charge >= 0.3 is 0 Å². The van der Waals surface area contributed by atoms with E-state index in [2.05, 4.69) is 40.3 Å². The molecule has 0 atom stereocenters. The van der Waals surface area contributed by atoms with Crippen molar-refractivity contribution in [3.8, 4) is 0 Å². The molecule has 78 valence electrons. The number of hydrogen-bond donors (Lipinski definition) is 2. The van der Waals surface area contributed by atoms with Gasteiger partial charge in [-0.2, -0.15) is 0 Å². The molecule has 0 spiro atoms. The molecule has 0 saturated carbocycles. The van der Waals surface area contributed by atoms with E-state index in [0.29, 0.717) is 0 Å². The summed E-state index contributed by atoms with van der Waals surface area (Å²) >= 11 is 0. The molecule has 2 nitrogen and oxygen atoms in total. The van der Waals surface area contributed by atoms with Crippen molar-refractivity contribution >= 4 is 23.1 Å². The molecule has 3 rings (SSSR count). The van der Waals surface area contributed by atoms with E-state index < -0.39 is 0 Å². The number of hydrogen-bond acceptors (Lipinski definition) is 0. The third-order valence-electron chi connectivity index (χ3n) is 2.70. The van der Waals surface area contributed by atoms with Crippen LogP contribution in [-0.4, -0.2) is 9.97 Å². The van der Waals surface area contributed by atoms with Gasteiger partial charge < -0.3 is 9.97 Å². The quantitative estimate of drug-likeness (QED) is 0.644. The van der Waals surface area contributed by atoms with E-state index >= 15 is 0 Å². The third-order valence-corrected chi connectivity index (χ3v) is 2.70. The Bertz CT molecular complexity index is 615. The SMILES string of the molecule is C(=Cc1c[nH]c2ccccc12)c1cc[nH]c1. The molecule has 2 aromatic heterocycles. The highest BCUT2D eigenvalue weighted by Crippen LogP contribution is 2.19. The number of benzene rings is 1. The van der Waals surface area contributed by atoms with E-state index in [-0.39, 0.29) is 0 Å². The predicted octanol–water partition coefficient (Wildman–Crippen LogP) is 3.67. The highest BCUT2D eigenvalue weighted by atomic mass is 14.7. The fourth-order valence-corrected chi connectivity index (χ4v) is 1.86. The Kier molecular flexibility index (Phi) is 2.11. The van der Waals surface area contributed by atoms with Crippen molar-refractivity contribution in [1.29, 1.82) is 0 Å². The number of fused-ring (bicyclic) bond motifs is 1. The molecule has 16 heavy (non-hydrogen) atoms. The van der Waals surface area contributed by atoms with Gasteiger partial charge in [0.2, 0.25) is 0 Å². The van der Waals surface area contributed by atoms with E-state index in [1.165, 1.54) is 22.0 Å². The van der Waals surface area contributed by atoms with Gasteiger partial charge in [-0.15, -0.1) is 0 Å². The fraction of sp³-hybridized carbons (Fsp3) is 0. The molecule has 0 aliphatic carbocycles. The molecule has 1 aromatic carbocycles. The summed E-state index contributed by atoms with van der Waals surface area (Å²) in [7, 11) is 0. The van der Waals surface area contributed by atoms with Gasteiger partial charge in [0, 0.05) is 29.5 Å². The van der Waals surface area contributed by atoms with Crippen LogP contribution in [0, 0.1) is 0 Å². The molecule has 0 radical (unpaired) electrons. The van der Waals surface area contributed by atoms with E-state index in [4.69, 9.17) is 0 Å². The van der Waals surface area contributed by atoms with Crippen molar-refractivity contribution in [2.24, 2.45) is 0 Å². The van der Waals surface area contributed by atoms with E-state index in [1.807, 2.05) is 30.7 Å². The molecule has 0 unspecified atom stereocenters. The summed E-state index contributed by atoms with van der Waals surface area (Å²) in [5.41, 5.74) is 3.58. The normalized spacial score (nSPS) is 11.5. The lowest BCUT2D eigenvalue weighted by atomic mass is 10.1. The van der Waals surface area contributed by atoms with Crippen LogP contribution in [0.25, 0.3) is 23.1 Å². The fourth-order valence-electron chi connectivity index (χ4n) is 1.86. The third kappa shape index (κ3) is 1.54. The zero-order chi connectivity index (χ0) is 10.8. The van der Waals surface area contributed by atoms with Crippen LogP contribution >= 0.6 is 0 Å². The minimum absolute atomic E-state index is 1.18. The lowest BCUT2D eigenvalue weighted by molar-refractivity contribution is 1.41. The molecule has 0 saturated heterocycles. The van der Waals surface area contributed by atoms with Crippen molar-refractivity contribution in [3.63, 3.8) is 0 Å². The van der Waals surface area contributed by atoms with Crippen molar-refractivity contribution in [3.05, 3.63) is 60.0 Å². The summed E-state index contributed by atoms with van der Waals surface area (Å²) in [4.78, 5) is 6.30. The first kappa shape index (κ1) is 9.04. The van der Waals surface area contributed by atoms with Crippen molar-refractivity contribution in [2.75, 3.05) is 0 Å². The summed E-state index contributed by atoms with van der Waals surface area (Å²) in [5.74, 6) is 0. The van der Waals surface area contributed by atoms with Gasteiger partial charge in [-0.05, 0) is 23.3 Å². The van der Waals surface area contributed by atoms with Crippen LogP contribution in [0.15, 0.2) is 48.9 Å². The summed E-state index contributed by atoms with van der Waals surface area (Å²) < 4.78 is 0. The minimum Gasteiger partial charge on any atom is -0.367 e. The van der Waals surface area contributed by atoms with Gasteiger partial charge in [0.25, 0.3) is 0 Å². The van der Waals surface area contributed by atoms with Crippen LogP contribution in [-0.2, 0) is 0 Å². The standard InChI is InChI=1S/C14H12N2/c1-2-4-14-13(3-1)12(10-16-14)6-5-11-7-8-15-9-11/h1-10,15-16H. The first-order chi connectivity index (χ1) is 7.93. The van der Waals surface area contributed by atoms with Gasteiger partial charge in [-0.3, -0.25) is 0 Å². The van der Waals surface area contributed by atoms with Crippen LogP contribution in [0.3, 0.4) is 0 Å². The molecule has 0 amide bonds. The van der Waals surface area contributed by atoms with Gasteiger partial charge in [0.15, 0.2) is 0 Å². The second-order valence-corrected chi connectivity index (χ2v) is 3.77. The molecule has 2 heterocycles. The number of rotatable bonds is 2. The molecule has 0 aliphatic heterocycles. The Hall–Kier alpha value is -2.22. The van der Waals surface area contributed by atoms with Crippen LogP contribution in [0.1, 0.15) is 11.1 Å². The summed E-state index contributed by atoms with van der Waals surface area (Å²) in [6, 6.07) is 10.4. The van der Waals surface area contributed by atoms with Crippen molar-refractivity contribution in [1.82, 2.24) is 9.97 Å². The summed E-state index contributed by atoms with van der Waals surface area (Å²) in [6.07, 6.45) is 10.2. The van der Waals surface area contributed by atoms with Crippen molar-refractivity contribution in [2.45, 2.75) is 0 Å². The van der Waals surface area contributed by atoms with E-state index in [0.717, 1.165) is 0 Å². The van der Waals surface area contributed by atoms with Crippen molar-refractivity contribution < 1.29 is 0 Å². The van der Waals surface area contributed by atoms with Crippen LogP contribution in [0.2, 0.25) is 0 Å². The van der Waals surface area contributed by atoms with Crippen LogP contribution in [0.5, 0.6) is 0 Å². The lowest BCUT2D eigenvalue weighted by Gasteiger charge is -1.90.